The van der Waals surface area contributed by atoms with Crippen LogP contribution in [0.15, 0.2) is 60.7 Å². The Kier molecular flexibility index (Phi) is 5.38. The van der Waals surface area contributed by atoms with Crippen LogP contribution in [0.2, 0.25) is 0 Å². The van der Waals surface area contributed by atoms with Crippen LogP contribution >= 0.6 is 0 Å². The molecule has 2 bridgehead atoms. The summed E-state index contributed by atoms with van der Waals surface area (Å²) in [5, 5.41) is 12.4. The van der Waals surface area contributed by atoms with Gasteiger partial charge in [0.05, 0.1) is 19.2 Å². The van der Waals surface area contributed by atoms with E-state index in [4.69, 9.17) is 9.47 Å². The number of aliphatic hydroxyl groups excluding tert-OH is 1. The van der Waals surface area contributed by atoms with E-state index in [0.29, 0.717) is 6.54 Å². The number of benzene rings is 2. The van der Waals surface area contributed by atoms with Crippen LogP contribution in [0.4, 0.5) is 0 Å². The van der Waals surface area contributed by atoms with E-state index in [0.717, 1.165) is 11.1 Å². The van der Waals surface area contributed by atoms with Gasteiger partial charge in [0.2, 0.25) is 0 Å². The molecule has 2 saturated heterocycles. The van der Waals surface area contributed by atoms with Gasteiger partial charge in [0.25, 0.3) is 11.8 Å². The molecule has 2 heterocycles. The highest BCUT2D eigenvalue weighted by molar-refractivity contribution is 5.92. The Bertz CT molecular complexity index is 829. The molecule has 0 aromatic heterocycles. The van der Waals surface area contributed by atoms with Gasteiger partial charge in [-0.25, -0.2) is 0 Å². The van der Waals surface area contributed by atoms with Crippen LogP contribution in [0.25, 0.3) is 0 Å². The van der Waals surface area contributed by atoms with E-state index in [1.165, 1.54) is 0 Å². The fraction of sp³-hybridized carbons (Fsp3) is 0.333. The van der Waals surface area contributed by atoms with Crippen molar-refractivity contribution in [2.75, 3.05) is 13.2 Å². The predicted octanol–water partition coefficient (Wildman–Crippen LogP) is 0.989. The van der Waals surface area contributed by atoms with Crippen molar-refractivity contribution in [2.24, 2.45) is 0 Å². The van der Waals surface area contributed by atoms with Gasteiger partial charge in [0.1, 0.15) is 0 Å². The Balaban J connectivity index is 1.44. The predicted molar refractivity (Wildman–Crippen MR) is 99.8 cm³/mol. The fourth-order valence-electron chi connectivity index (χ4n) is 3.54. The van der Waals surface area contributed by atoms with Crippen molar-refractivity contribution in [3.63, 3.8) is 0 Å². The number of aliphatic hydroxyl groups is 1. The van der Waals surface area contributed by atoms with Crippen LogP contribution < -0.4 is 5.32 Å². The lowest BCUT2D eigenvalue weighted by Gasteiger charge is -2.30. The first-order valence-corrected chi connectivity index (χ1v) is 9.25. The normalized spacial score (nSPS) is 24.8. The Labute approximate surface area is 162 Å². The number of morpholine rings is 1. The highest BCUT2D eigenvalue weighted by atomic mass is 16.7. The summed E-state index contributed by atoms with van der Waals surface area (Å²) in [6.07, 6.45) is -2.64. The van der Waals surface area contributed by atoms with Gasteiger partial charge in [-0.2, -0.15) is 0 Å². The highest BCUT2D eigenvalue weighted by Crippen LogP contribution is 2.28. The fourth-order valence-corrected chi connectivity index (χ4v) is 3.54. The number of nitrogens with one attached hydrogen (secondary N) is 1. The Morgan fingerprint density at radius 1 is 1.11 bits per heavy atom. The number of hydrogen-bond donors (Lipinski definition) is 2. The molecule has 2 aromatic carbocycles. The van der Waals surface area contributed by atoms with Crippen molar-refractivity contribution in [3.05, 3.63) is 71.8 Å². The Morgan fingerprint density at radius 3 is 2.46 bits per heavy atom. The summed E-state index contributed by atoms with van der Waals surface area (Å²) >= 11 is 0. The van der Waals surface area contributed by atoms with Gasteiger partial charge in [-0.15, -0.1) is 0 Å². The van der Waals surface area contributed by atoms with Crippen molar-refractivity contribution >= 4 is 11.8 Å². The third kappa shape index (κ3) is 3.77. The molecule has 7 nitrogen and oxygen atoms in total. The maximum absolute atomic E-state index is 12.8. The van der Waals surface area contributed by atoms with Gasteiger partial charge < -0.3 is 24.8 Å². The number of amides is 2. The van der Waals surface area contributed by atoms with E-state index in [1.807, 2.05) is 60.7 Å². The first-order valence-electron chi connectivity index (χ1n) is 9.25. The van der Waals surface area contributed by atoms with Gasteiger partial charge >= 0.3 is 0 Å². The zero-order valence-corrected chi connectivity index (χ0v) is 15.2. The summed E-state index contributed by atoms with van der Waals surface area (Å²) in [4.78, 5) is 27.2. The van der Waals surface area contributed by atoms with Crippen molar-refractivity contribution < 1.29 is 24.2 Å². The number of hydrogen-bond acceptors (Lipinski definition) is 5. The number of nitrogens with zero attached hydrogens (tertiary/aromatic N) is 1. The van der Waals surface area contributed by atoms with Gasteiger partial charge in [-0.3, -0.25) is 9.59 Å². The molecule has 2 aliphatic rings. The summed E-state index contributed by atoms with van der Waals surface area (Å²) in [5.41, 5.74) is 1.78. The van der Waals surface area contributed by atoms with Crippen molar-refractivity contribution in [1.82, 2.24) is 10.2 Å². The zero-order valence-electron chi connectivity index (χ0n) is 15.2. The minimum absolute atomic E-state index is 0.258. The molecule has 2 fully saturated rings. The Morgan fingerprint density at radius 2 is 1.79 bits per heavy atom. The van der Waals surface area contributed by atoms with Gasteiger partial charge in [-0.05, 0) is 11.1 Å². The summed E-state index contributed by atoms with van der Waals surface area (Å²) in [7, 11) is 0. The molecule has 4 atom stereocenters. The molecule has 146 valence electrons. The van der Waals surface area contributed by atoms with Gasteiger partial charge in [-0.1, -0.05) is 60.7 Å². The molecule has 2 aromatic rings. The molecule has 0 saturated carbocycles. The topological polar surface area (TPSA) is 88.1 Å². The number of carbonyl (C=O) groups is 2. The molecule has 0 spiro atoms. The first kappa shape index (κ1) is 18.6. The highest BCUT2D eigenvalue weighted by Gasteiger charge is 2.51. The monoisotopic (exact) mass is 382 g/mol. The Hall–Kier alpha value is -2.74. The molecule has 4 rings (SSSR count). The van der Waals surface area contributed by atoms with Gasteiger partial charge in [0.15, 0.2) is 18.5 Å². The second-order valence-electron chi connectivity index (χ2n) is 6.90. The second-order valence-corrected chi connectivity index (χ2v) is 6.90. The summed E-state index contributed by atoms with van der Waals surface area (Å²) in [5.74, 6) is -0.733. The summed E-state index contributed by atoms with van der Waals surface area (Å²) in [6.45, 7) is 0.457. The minimum atomic E-state index is -1.03. The zero-order chi connectivity index (χ0) is 19.5. The summed E-state index contributed by atoms with van der Waals surface area (Å²) < 4.78 is 11.3. The van der Waals surface area contributed by atoms with Crippen molar-refractivity contribution in [1.29, 1.82) is 0 Å². The van der Waals surface area contributed by atoms with E-state index in [2.05, 4.69) is 5.32 Å². The van der Waals surface area contributed by atoms with Gasteiger partial charge in [0, 0.05) is 6.54 Å². The van der Waals surface area contributed by atoms with Crippen LogP contribution in [-0.2, 0) is 25.6 Å². The quantitative estimate of drug-likeness (QED) is 0.778. The van der Waals surface area contributed by atoms with E-state index >= 15 is 0 Å². The van der Waals surface area contributed by atoms with E-state index in [-0.39, 0.29) is 19.1 Å². The molecule has 2 N–H and O–H groups in total. The smallest absolute Gasteiger partial charge is 0.255 e. The standard InChI is InChI=1S/C21H22N2O5/c24-13-16(15-9-5-2-6-10-15)22-20(25)18-19-21(26)23(12-17(27-18)28-19)11-14-7-3-1-4-8-14/h1-10,16-19,24H,11-13H2,(H,22,25)/t16-,17+,18+,19+/m0/s1. The molecular formula is C21H22N2O5. The lowest BCUT2D eigenvalue weighted by molar-refractivity contribution is -0.162. The first-order chi connectivity index (χ1) is 13.7. The number of carbonyl (C=O) groups excluding carboxylic acids is 2. The molecular weight excluding hydrogens is 360 g/mol. The molecule has 0 aliphatic carbocycles. The van der Waals surface area contributed by atoms with E-state index in [1.54, 1.807) is 4.90 Å². The summed E-state index contributed by atoms with van der Waals surface area (Å²) in [6, 6.07) is 18.2. The number of ether oxygens (including phenoxy) is 2. The third-order valence-electron chi connectivity index (χ3n) is 4.97. The average Bonchev–Trinajstić information content (AvgIpc) is 3.10. The van der Waals surface area contributed by atoms with E-state index in [9.17, 15) is 14.7 Å². The molecule has 28 heavy (non-hydrogen) atoms. The molecule has 2 aliphatic heterocycles. The minimum Gasteiger partial charge on any atom is -0.394 e. The van der Waals surface area contributed by atoms with Crippen LogP contribution in [-0.4, -0.2) is 53.5 Å². The third-order valence-corrected chi connectivity index (χ3v) is 4.97. The molecule has 0 unspecified atom stereocenters. The maximum Gasteiger partial charge on any atom is 0.255 e. The number of fused-ring (bicyclic) bond motifs is 2. The van der Waals surface area contributed by atoms with Crippen LogP contribution in [0.5, 0.6) is 0 Å². The van der Waals surface area contributed by atoms with Crippen LogP contribution in [0, 0.1) is 0 Å². The average molecular weight is 382 g/mol. The second kappa shape index (κ2) is 8.10. The van der Waals surface area contributed by atoms with Crippen LogP contribution in [0.3, 0.4) is 0 Å². The lowest BCUT2D eigenvalue weighted by Crippen LogP contribution is -2.51. The van der Waals surface area contributed by atoms with Crippen molar-refractivity contribution in [3.8, 4) is 0 Å². The van der Waals surface area contributed by atoms with E-state index < -0.39 is 30.4 Å². The largest absolute Gasteiger partial charge is 0.394 e. The number of rotatable bonds is 6. The molecule has 0 radical (unpaired) electrons. The molecule has 7 heteroatoms. The van der Waals surface area contributed by atoms with Crippen LogP contribution in [0.1, 0.15) is 17.2 Å². The SMILES string of the molecule is O=C(N[C@@H](CO)c1ccccc1)[C@@H]1O[C@H]2CN(Cc3ccccc3)C(=O)[C@@H]1O2. The molecule has 2 amide bonds. The maximum atomic E-state index is 12.8. The lowest BCUT2D eigenvalue weighted by atomic mass is 10.1. The van der Waals surface area contributed by atoms with Crippen molar-refractivity contribution in [2.45, 2.75) is 31.1 Å².